The van der Waals surface area contributed by atoms with E-state index < -0.39 is 77.8 Å². The van der Waals surface area contributed by atoms with Crippen LogP contribution in [-0.4, -0.2) is 183 Å². The van der Waals surface area contributed by atoms with Crippen molar-refractivity contribution >= 4 is 29.2 Å². The highest BCUT2D eigenvalue weighted by molar-refractivity contribution is 6.39. The van der Waals surface area contributed by atoms with Crippen molar-refractivity contribution in [2.75, 3.05) is 67.3 Å². The predicted molar refractivity (Wildman–Crippen MR) is 296 cm³/mol. The van der Waals surface area contributed by atoms with Crippen LogP contribution in [0, 0.1) is 35.5 Å². The van der Waals surface area contributed by atoms with Gasteiger partial charge in [0.25, 0.3) is 11.7 Å². The van der Waals surface area contributed by atoms with Crippen LogP contribution in [0.25, 0.3) is 0 Å². The summed E-state index contributed by atoms with van der Waals surface area (Å²) < 4.78 is 48.3. The minimum absolute atomic E-state index is 0.00247. The van der Waals surface area contributed by atoms with Gasteiger partial charge in [-0.1, -0.05) is 71.1 Å². The zero-order valence-corrected chi connectivity index (χ0v) is 49.2. The second-order valence-electron chi connectivity index (χ2n) is 23.6. The molecule has 17 heteroatoms. The number of methoxy groups -OCH3 is 3. The molecule has 5 aliphatic rings. The van der Waals surface area contributed by atoms with E-state index in [1.54, 1.807) is 41.1 Å². The number of aliphatic hydroxyl groups is 2. The highest BCUT2D eigenvalue weighted by Crippen LogP contribution is 2.38. The monoisotopic (exact) mass is 1100 g/mol. The molecule has 442 valence electrons. The number of morpholine rings is 1. The molecule has 0 aromatic rings. The summed E-state index contributed by atoms with van der Waals surface area (Å²) in [5.41, 5.74) is 1.26. The van der Waals surface area contributed by atoms with Gasteiger partial charge in [-0.2, -0.15) is 0 Å². The van der Waals surface area contributed by atoms with E-state index in [4.69, 9.17) is 37.9 Å². The standard InChI is InChI=1S/C61H98N2O15/c1-38-18-14-13-15-19-39(2)52(75-29-28-71-10)34-48-23-21-44(7)61(70,78-48)58(67)59(68)63-25-17-16-20-49(63)60(69)77-53(35-50(64)40(3)31-43(6)56(66)57(73-12)55(65)42(5)30-38)41(4)32-47-22-24-51(54(33-47)72-11)74-27-26-62-36-45(8)76-46(9)37-62/h13-15,18-19,31,38,40-42,44-49,51-54,56-57,66,70H,16-17,20-30,32-37H2,1-12H3/b15-13+,18-14+,39-19+,43-31+/t38-,40-,41-,42-,44-,45-,46+,47+,48+,49?,51-,52?,53+,54-,56-,57+,61-/m1/s1. The topological polar surface area (TPSA) is 206 Å². The maximum Gasteiger partial charge on any atom is 0.329 e. The number of fused-ring (bicyclic) bond motifs is 3. The number of aliphatic hydroxyl groups excluding tert-OH is 1. The summed E-state index contributed by atoms with van der Waals surface area (Å²) in [6.45, 7) is 20.8. The van der Waals surface area contributed by atoms with Crippen LogP contribution in [0.5, 0.6) is 0 Å². The molecule has 4 heterocycles. The van der Waals surface area contributed by atoms with Crippen molar-refractivity contribution in [2.45, 2.75) is 206 Å². The number of cyclic esters (lactones) is 1. The molecule has 1 saturated carbocycles. The number of ether oxygens (including phenoxy) is 8. The predicted octanol–water partition coefficient (Wildman–Crippen LogP) is 7.33. The molecule has 3 saturated heterocycles. The average Bonchev–Trinajstić information content (AvgIpc) is 3.41. The minimum Gasteiger partial charge on any atom is -0.460 e. The second kappa shape index (κ2) is 31.6. The molecular formula is C61H98N2O15. The number of nitrogens with zero attached hydrogens (tertiary/aromatic N) is 2. The van der Waals surface area contributed by atoms with Gasteiger partial charge < -0.3 is 53.0 Å². The van der Waals surface area contributed by atoms with Crippen LogP contribution in [0.3, 0.4) is 0 Å². The zero-order chi connectivity index (χ0) is 57.3. The van der Waals surface area contributed by atoms with Gasteiger partial charge in [0.1, 0.15) is 30.1 Å². The van der Waals surface area contributed by atoms with Gasteiger partial charge in [0.15, 0.2) is 5.78 Å². The molecule has 1 amide bonds. The number of piperidine rings is 1. The Balaban J connectivity index is 1.42. The number of ketones is 3. The molecule has 0 aromatic carbocycles. The molecule has 2 unspecified atom stereocenters. The van der Waals surface area contributed by atoms with Crippen molar-refractivity contribution in [1.29, 1.82) is 0 Å². The molecule has 17 atom stereocenters. The molecule has 0 aromatic heterocycles. The smallest absolute Gasteiger partial charge is 0.329 e. The Morgan fingerprint density at radius 1 is 0.795 bits per heavy atom. The first-order valence-corrected chi connectivity index (χ1v) is 29.2. The van der Waals surface area contributed by atoms with E-state index >= 15 is 0 Å². The first kappa shape index (κ1) is 65.3. The third-order valence-corrected chi connectivity index (χ3v) is 17.0. The lowest BCUT2D eigenvalue weighted by Crippen LogP contribution is -2.61. The molecule has 2 N–H and O–H groups in total. The van der Waals surface area contributed by atoms with E-state index in [-0.39, 0.29) is 86.2 Å². The normalized spacial score (nSPS) is 39.0. The summed E-state index contributed by atoms with van der Waals surface area (Å²) in [5.74, 6) is -7.97. The number of hydrogen-bond donors (Lipinski definition) is 2. The van der Waals surface area contributed by atoms with Gasteiger partial charge in [0, 0.05) is 78.1 Å². The molecule has 5 rings (SSSR count). The first-order valence-electron chi connectivity index (χ1n) is 29.2. The Bertz CT molecular complexity index is 2070. The van der Waals surface area contributed by atoms with Crippen LogP contribution < -0.4 is 0 Å². The number of hydrogen-bond acceptors (Lipinski definition) is 16. The molecule has 0 spiro atoms. The summed E-state index contributed by atoms with van der Waals surface area (Å²) in [5, 5.41) is 23.8. The van der Waals surface area contributed by atoms with E-state index in [2.05, 4.69) is 18.7 Å². The van der Waals surface area contributed by atoms with E-state index in [0.717, 1.165) is 38.0 Å². The van der Waals surface area contributed by atoms with Crippen molar-refractivity contribution in [3.8, 4) is 0 Å². The summed E-state index contributed by atoms with van der Waals surface area (Å²) in [6.07, 6.45) is 12.6. The molecule has 4 fully saturated rings. The van der Waals surface area contributed by atoms with E-state index in [1.165, 1.54) is 12.0 Å². The van der Waals surface area contributed by atoms with Crippen molar-refractivity contribution in [2.24, 2.45) is 35.5 Å². The Kier molecular flexibility index (Phi) is 26.5. The molecular weight excluding hydrogens is 1000 g/mol. The van der Waals surface area contributed by atoms with Crippen LogP contribution in [0.4, 0.5) is 0 Å². The molecule has 2 bridgehead atoms. The number of Topliss-reactive ketones (excluding diaryl/α,β-unsaturated/α-hetero) is 3. The van der Waals surface area contributed by atoms with E-state index in [0.29, 0.717) is 63.7 Å². The van der Waals surface area contributed by atoms with E-state index in [1.807, 2.05) is 58.1 Å². The molecule has 17 nitrogen and oxygen atoms in total. The van der Waals surface area contributed by atoms with Gasteiger partial charge in [-0.15, -0.1) is 0 Å². The number of esters is 1. The maximum atomic E-state index is 14.7. The molecule has 0 radical (unpaired) electrons. The fourth-order valence-corrected chi connectivity index (χ4v) is 12.3. The Morgan fingerprint density at radius 2 is 1.53 bits per heavy atom. The fourth-order valence-electron chi connectivity index (χ4n) is 12.3. The fraction of sp³-hybridized carbons (Fsp3) is 0.787. The lowest BCUT2D eigenvalue weighted by atomic mass is 9.78. The lowest BCUT2D eigenvalue weighted by Gasteiger charge is -2.43. The number of rotatable bonds is 13. The summed E-state index contributed by atoms with van der Waals surface area (Å²) >= 11 is 0. The summed E-state index contributed by atoms with van der Waals surface area (Å²) in [6, 6.07) is -1.15. The number of allylic oxidation sites excluding steroid dienone is 6. The van der Waals surface area contributed by atoms with Crippen molar-refractivity contribution in [3.63, 3.8) is 0 Å². The first-order chi connectivity index (χ1) is 37.1. The van der Waals surface area contributed by atoms with Gasteiger partial charge in [-0.3, -0.25) is 24.1 Å². The Labute approximate surface area is 466 Å². The Hall–Kier alpha value is -3.49. The van der Waals surface area contributed by atoms with Crippen molar-refractivity contribution in [3.05, 3.63) is 47.6 Å². The summed E-state index contributed by atoms with van der Waals surface area (Å²) in [4.78, 5) is 75.5. The molecule has 1 aliphatic carbocycles. The highest BCUT2D eigenvalue weighted by Gasteiger charge is 2.53. The molecule has 4 aliphatic heterocycles. The number of carbonyl (C=O) groups is 5. The van der Waals surface area contributed by atoms with Crippen molar-refractivity contribution in [1.82, 2.24) is 9.80 Å². The van der Waals surface area contributed by atoms with Crippen LogP contribution in [-0.2, 0) is 61.9 Å². The quantitative estimate of drug-likeness (QED) is 0.0802. The second-order valence-corrected chi connectivity index (χ2v) is 23.6. The summed E-state index contributed by atoms with van der Waals surface area (Å²) in [7, 11) is 4.68. The van der Waals surface area contributed by atoms with Gasteiger partial charge in [0.05, 0.1) is 56.4 Å². The third kappa shape index (κ3) is 18.5. The average molecular weight is 1100 g/mol. The Morgan fingerprint density at radius 3 is 2.22 bits per heavy atom. The number of carbonyl (C=O) groups excluding carboxylic acids is 5. The molecule has 78 heavy (non-hydrogen) atoms. The van der Waals surface area contributed by atoms with Crippen LogP contribution in [0.2, 0.25) is 0 Å². The van der Waals surface area contributed by atoms with Gasteiger partial charge in [-0.05, 0) is 121 Å². The van der Waals surface area contributed by atoms with Crippen LogP contribution in [0.15, 0.2) is 47.6 Å². The van der Waals surface area contributed by atoms with Gasteiger partial charge >= 0.3 is 5.97 Å². The van der Waals surface area contributed by atoms with Gasteiger partial charge in [-0.25, -0.2) is 4.79 Å². The number of amides is 1. The van der Waals surface area contributed by atoms with Crippen LogP contribution in [0.1, 0.15) is 139 Å². The maximum absolute atomic E-state index is 14.7. The largest absolute Gasteiger partial charge is 0.460 e. The lowest BCUT2D eigenvalue weighted by molar-refractivity contribution is -0.266. The minimum atomic E-state index is -2.46. The van der Waals surface area contributed by atoms with Crippen LogP contribution >= 0.6 is 0 Å². The van der Waals surface area contributed by atoms with Crippen molar-refractivity contribution < 1.29 is 72.1 Å². The SMILES string of the molecule is COCCOC1C[C@@H]2CC[C@@H](C)[C@@](O)(O2)C(=O)C(=O)N2CCCCC2C(=O)O[C@H]([C@H](C)C[C@@H]2CC[C@@H](OCCN3C[C@@H](C)O[C@@H](C)C3)[C@H](OC)C2)CC(=O)[C@H](C)/C=C(\C)[C@@H](O)[C@@H](OC)C(=O)[C@H](C)C[C@H](C)/C=C/C=C/C=C/1C. The van der Waals surface area contributed by atoms with Gasteiger partial charge in [0.2, 0.25) is 5.79 Å². The third-order valence-electron chi connectivity index (χ3n) is 17.0. The zero-order valence-electron chi connectivity index (χ0n) is 49.2. The highest BCUT2D eigenvalue weighted by atomic mass is 16.6. The van der Waals surface area contributed by atoms with E-state index in [9.17, 15) is 34.2 Å².